The van der Waals surface area contributed by atoms with Crippen LogP contribution in [0, 0.1) is 0 Å². The van der Waals surface area contributed by atoms with Crippen molar-refractivity contribution in [1.29, 1.82) is 0 Å². The van der Waals surface area contributed by atoms with Crippen LogP contribution in [0.2, 0.25) is 0 Å². The number of carbonyl (C=O) groups is 1. The third-order valence-corrected chi connectivity index (χ3v) is 5.67. The number of carbonyl (C=O) groups excluding carboxylic acids is 1. The van der Waals surface area contributed by atoms with Crippen molar-refractivity contribution in [3.8, 4) is 0 Å². The Hall–Kier alpha value is -0.690. The molecule has 3 saturated heterocycles. The summed E-state index contributed by atoms with van der Waals surface area (Å²) >= 11 is 0. The molecule has 3 fully saturated rings. The first kappa shape index (κ1) is 25.6. The van der Waals surface area contributed by atoms with Crippen LogP contribution >= 0.6 is 24.0 Å². The first-order valence-corrected chi connectivity index (χ1v) is 10.9. The monoisotopic (exact) mass is 539 g/mol. The fourth-order valence-corrected chi connectivity index (χ4v) is 3.87. The zero-order valence-corrected chi connectivity index (χ0v) is 20.7. The highest BCUT2D eigenvalue weighted by molar-refractivity contribution is 14.0. The minimum atomic E-state index is 0. The largest absolute Gasteiger partial charge is 0.379 e. The first-order chi connectivity index (χ1) is 14.1. The number of halogens is 1. The Morgan fingerprint density at radius 1 is 1.10 bits per heavy atom. The molecular formula is C20H38IN5O4. The minimum Gasteiger partial charge on any atom is -0.379 e. The average Bonchev–Trinajstić information content (AvgIpc) is 3.29. The Morgan fingerprint density at radius 3 is 2.57 bits per heavy atom. The van der Waals surface area contributed by atoms with Crippen LogP contribution in [0.15, 0.2) is 4.99 Å². The molecule has 0 saturated carbocycles. The van der Waals surface area contributed by atoms with Gasteiger partial charge < -0.3 is 29.3 Å². The van der Waals surface area contributed by atoms with Gasteiger partial charge in [-0.05, 0) is 25.8 Å². The van der Waals surface area contributed by atoms with Crippen LogP contribution in [0.4, 0.5) is 0 Å². The molecule has 0 spiro atoms. The number of ether oxygens (including phenoxy) is 3. The standard InChI is InChI=1S/C20H37N5O4.HI/c1-23(2)19(26)15-22-20(21-6-4-7-24-8-12-27-13-9-24)25-10-14-29-18(16-25)17-5-3-11-28-17;/h17-18H,3-16H2,1-2H3,(H,21,22);1H. The molecule has 3 rings (SSSR count). The molecular weight excluding hydrogens is 501 g/mol. The second-order valence-electron chi connectivity index (χ2n) is 8.07. The third-order valence-electron chi connectivity index (χ3n) is 5.67. The number of aliphatic imine (C=N–C) groups is 1. The van der Waals surface area contributed by atoms with Crippen LogP contribution in [0.1, 0.15) is 19.3 Å². The van der Waals surface area contributed by atoms with Gasteiger partial charge in [-0.2, -0.15) is 0 Å². The normalized spacial score (nSPS) is 25.7. The predicted octanol–water partition coefficient (Wildman–Crippen LogP) is 0.240. The highest BCUT2D eigenvalue weighted by atomic mass is 127. The van der Waals surface area contributed by atoms with Gasteiger partial charge in [0.15, 0.2) is 5.96 Å². The molecule has 0 aromatic carbocycles. The number of rotatable bonds is 7. The van der Waals surface area contributed by atoms with Crippen molar-refractivity contribution in [3.05, 3.63) is 0 Å². The zero-order valence-electron chi connectivity index (χ0n) is 18.4. The Kier molecular flexibility index (Phi) is 11.6. The molecule has 3 heterocycles. The van der Waals surface area contributed by atoms with Gasteiger partial charge in [-0.3, -0.25) is 9.69 Å². The average molecular weight is 539 g/mol. The van der Waals surface area contributed by atoms with Gasteiger partial charge in [-0.25, -0.2) is 4.99 Å². The van der Waals surface area contributed by atoms with Crippen LogP contribution in [0.25, 0.3) is 0 Å². The van der Waals surface area contributed by atoms with Crippen LogP contribution in [0.5, 0.6) is 0 Å². The van der Waals surface area contributed by atoms with Crippen molar-refractivity contribution in [1.82, 2.24) is 20.0 Å². The Labute approximate surface area is 197 Å². The van der Waals surface area contributed by atoms with E-state index in [2.05, 4.69) is 20.1 Å². The summed E-state index contributed by atoms with van der Waals surface area (Å²) in [5, 5.41) is 3.49. The molecule has 3 aliphatic heterocycles. The Balaban J connectivity index is 0.00000320. The lowest BCUT2D eigenvalue weighted by atomic mass is 10.1. The number of amides is 1. The maximum Gasteiger partial charge on any atom is 0.243 e. The fourth-order valence-electron chi connectivity index (χ4n) is 3.87. The first-order valence-electron chi connectivity index (χ1n) is 10.9. The molecule has 9 nitrogen and oxygen atoms in total. The quantitative estimate of drug-likeness (QED) is 0.215. The van der Waals surface area contributed by atoms with E-state index >= 15 is 0 Å². The van der Waals surface area contributed by atoms with Gasteiger partial charge in [0.25, 0.3) is 0 Å². The van der Waals surface area contributed by atoms with Gasteiger partial charge in [-0.1, -0.05) is 0 Å². The van der Waals surface area contributed by atoms with Gasteiger partial charge >= 0.3 is 0 Å². The molecule has 0 bridgehead atoms. The third kappa shape index (κ3) is 8.10. The molecule has 1 amide bonds. The number of hydrogen-bond donors (Lipinski definition) is 1. The van der Waals surface area contributed by atoms with E-state index in [1.807, 2.05) is 0 Å². The maximum atomic E-state index is 12.0. The van der Waals surface area contributed by atoms with E-state index in [0.717, 1.165) is 84.3 Å². The lowest BCUT2D eigenvalue weighted by Gasteiger charge is -2.37. The molecule has 0 aromatic heterocycles. The molecule has 3 aliphatic rings. The smallest absolute Gasteiger partial charge is 0.243 e. The second kappa shape index (κ2) is 13.7. The van der Waals surface area contributed by atoms with E-state index in [1.165, 1.54) is 0 Å². The van der Waals surface area contributed by atoms with E-state index in [1.54, 1.807) is 19.0 Å². The summed E-state index contributed by atoms with van der Waals surface area (Å²) in [6.45, 7) is 8.68. The van der Waals surface area contributed by atoms with Crippen molar-refractivity contribution in [3.63, 3.8) is 0 Å². The summed E-state index contributed by atoms with van der Waals surface area (Å²) in [5.41, 5.74) is 0. The SMILES string of the molecule is CN(C)C(=O)CN=C(NCCCN1CCOCC1)N1CCOC(C2CCCO2)C1.I. The maximum absolute atomic E-state index is 12.0. The predicted molar refractivity (Wildman–Crippen MR) is 127 cm³/mol. The van der Waals surface area contributed by atoms with Crippen LogP contribution in [-0.2, 0) is 19.0 Å². The number of hydrogen-bond acceptors (Lipinski definition) is 6. The van der Waals surface area contributed by atoms with Crippen molar-refractivity contribution >= 4 is 35.8 Å². The van der Waals surface area contributed by atoms with Gasteiger partial charge in [0.05, 0.1) is 25.9 Å². The zero-order chi connectivity index (χ0) is 20.5. The number of nitrogens with one attached hydrogen (secondary N) is 1. The topological polar surface area (TPSA) is 78.9 Å². The minimum absolute atomic E-state index is 0. The summed E-state index contributed by atoms with van der Waals surface area (Å²) in [6.07, 6.45) is 3.42. The summed E-state index contributed by atoms with van der Waals surface area (Å²) in [6, 6.07) is 0. The molecule has 1 N–H and O–H groups in total. The number of likely N-dealkylation sites (N-methyl/N-ethyl adjacent to an activating group) is 1. The molecule has 2 atom stereocenters. The summed E-state index contributed by atoms with van der Waals surface area (Å²) in [7, 11) is 3.52. The lowest BCUT2D eigenvalue weighted by Crippen LogP contribution is -2.53. The van der Waals surface area contributed by atoms with Gasteiger partial charge in [-0.15, -0.1) is 24.0 Å². The van der Waals surface area contributed by atoms with Gasteiger partial charge in [0.2, 0.25) is 5.91 Å². The van der Waals surface area contributed by atoms with E-state index < -0.39 is 0 Å². The van der Waals surface area contributed by atoms with E-state index in [9.17, 15) is 4.79 Å². The van der Waals surface area contributed by atoms with Gasteiger partial charge in [0.1, 0.15) is 12.6 Å². The van der Waals surface area contributed by atoms with Gasteiger partial charge in [0, 0.05) is 53.4 Å². The molecule has 174 valence electrons. The molecule has 0 radical (unpaired) electrons. The molecule has 10 heteroatoms. The number of nitrogens with zero attached hydrogens (tertiary/aromatic N) is 4. The van der Waals surface area contributed by atoms with E-state index in [0.29, 0.717) is 6.61 Å². The number of guanidine groups is 1. The van der Waals surface area contributed by atoms with Crippen molar-refractivity contribution in [2.24, 2.45) is 4.99 Å². The van der Waals surface area contributed by atoms with Crippen LogP contribution < -0.4 is 5.32 Å². The molecule has 0 aromatic rings. The second-order valence-corrected chi connectivity index (χ2v) is 8.07. The van der Waals surface area contributed by atoms with E-state index in [-0.39, 0.29) is 48.6 Å². The highest BCUT2D eigenvalue weighted by Gasteiger charge is 2.32. The lowest BCUT2D eigenvalue weighted by molar-refractivity contribution is -0.127. The Morgan fingerprint density at radius 2 is 1.87 bits per heavy atom. The molecule has 2 unspecified atom stereocenters. The summed E-state index contributed by atoms with van der Waals surface area (Å²) in [5.74, 6) is 0.801. The van der Waals surface area contributed by atoms with Crippen LogP contribution in [0.3, 0.4) is 0 Å². The van der Waals surface area contributed by atoms with Crippen molar-refractivity contribution in [2.45, 2.75) is 31.5 Å². The Bertz CT molecular complexity index is 539. The highest BCUT2D eigenvalue weighted by Crippen LogP contribution is 2.21. The number of morpholine rings is 2. The fraction of sp³-hybridized carbons (Fsp3) is 0.900. The van der Waals surface area contributed by atoms with Crippen molar-refractivity contribution < 1.29 is 19.0 Å². The molecule has 0 aliphatic carbocycles. The summed E-state index contributed by atoms with van der Waals surface area (Å²) < 4.78 is 17.2. The van der Waals surface area contributed by atoms with E-state index in [4.69, 9.17) is 14.2 Å². The summed E-state index contributed by atoms with van der Waals surface area (Å²) in [4.78, 5) is 22.9. The van der Waals surface area contributed by atoms with Crippen LogP contribution in [-0.4, -0.2) is 125 Å². The molecule has 30 heavy (non-hydrogen) atoms. The van der Waals surface area contributed by atoms with Crippen molar-refractivity contribution in [2.75, 3.05) is 86.3 Å².